The summed E-state index contributed by atoms with van der Waals surface area (Å²) in [6.45, 7) is 10.1. The number of carbonyl (C=O) groups is 2. The van der Waals surface area contributed by atoms with Gasteiger partial charge in [0, 0.05) is 19.3 Å². The number of aldehydes is 1. The van der Waals surface area contributed by atoms with E-state index >= 15 is 0 Å². The minimum atomic E-state index is 0.407. The predicted molar refractivity (Wildman–Crippen MR) is 60.3 cm³/mol. The monoisotopic (exact) mass is 200 g/mol. The zero-order chi connectivity index (χ0) is 11.6. The Morgan fingerprint density at radius 1 is 1.07 bits per heavy atom. The van der Waals surface area contributed by atoms with Gasteiger partial charge in [0.25, 0.3) is 0 Å². The van der Waals surface area contributed by atoms with Crippen molar-refractivity contribution in [1.82, 2.24) is 0 Å². The van der Waals surface area contributed by atoms with E-state index in [1.807, 2.05) is 6.92 Å². The molecule has 0 aliphatic carbocycles. The van der Waals surface area contributed by atoms with E-state index in [1.54, 1.807) is 0 Å². The highest BCUT2D eigenvalue weighted by molar-refractivity contribution is 5.78. The third-order valence-electron chi connectivity index (χ3n) is 1.44. The molecular formula is C12H24O2. The van der Waals surface area contributed by atoms with Gasteiger partial charge in [-0.2, -0.15) is 0 Å². The fourth-order valence-corrected chi connectivity index (χ4v) is 0.994. The molecule has 0 aliphatic heterocycles. The third kappa shape index (κ3) is 17.4. The topological polar surface area (TPSA) is 34.1 Å². The molecule has 0 N–H and O–H groups in total. The molecule has 0 aromatic heterocycles. The van der Waals surface area contributed by atoms with Crippen molar-refractivity contribution in [2.24, 2.45) is 11.8 Å². The smallest absolute Gasteiger partial charge is 0.133 e. The Morgan fingerprint density at radius 2 is 1.36 bits per heavy atom. The molecule has 0 bridgehead atoms. The average molecular weight is 200 g/mol. The number of hydrogen-bond donors (Lipinski definition) is 0. The molecular weight excluding hydrogens is 176 g/mol. The first-order valence-electron chi connectivity index (χ1n) is 5.39. The second kappa shape index (κ2) is 10.4. The molecule has 0 fully saturated rings. The summed E-state index contributed by atoms with van der Waals surface area (Å²) in [5.41, 5.74) is 0. The molecule has 0 spiro atoms. The van der Waals surface area contributed by atoms with Crippen LogP contribution < -0.4 is 0 Å². The van der Waals surface area contributed by atoms with Crippen LogP contribution in [-0.2, 0) is 9.59 Å². The molecule has 0 saturated heterocycles. The van der Waals surface area contributed by atoms with E-state index < -0.39 is 0 Å². The molecule has 0 aliphatic rings. The lowest BCUT2D eigenvalue weighted by Crippen LogP contribution is -2.05. The predicted octanol–water partition coefficient (Wildman–Crippen LogP) is 3.24. The second-order valence-corrected chi connectivity index (χ2v) is 4.31. The number of hydrogen-bond acceptors (Lipinski definition) is 2. The Labute approximate surface area is 88.1 Å². The number of Topliss-reactive ketones (excluding diaryl/α,β-unsaturated/α-hetero) is 1. The van der Waals surface area contributed by atoms with Crippen LogP contribution in [0, 0.1) is 11.8 Å². The summed E-state index contributed by atoms with van der Waals surface area (Å²) in [6, 6.07) is 0. The minimum Gasteiger partial charge on any atom is -0.303 e. The van der Waals surface area contributed by atoms with E-state index in [0.717, 1.165) is 19.1 Å². The van der Waals surface area contributed by atoms with Gasteiger partial charge in [0.2, 0.25) is 0 Å². The van der Waals surface area contributed by atoms with Crippen molar-refractivity contribution in [1.29, 1.82) is 0 Å². The molecule has 0 rings (SSSR count). The Morgan fingerprint density at radius 3 is 1.50 bits per heavy atom. The zero-order valence-corrected chi connectivity index (χ0v) is 10.2. The first-order valence-corrected chi connectivity index (χ1v) is 5.39. The van der Waals surface area contributed by atoms with Crippen molar-refractivity contribution in [2.75, 3.05) is 0 Å². The van der Waals surface area contributed by atoms with Crippen LogP contribution in [0.25, 0.3) is 0 Å². The second-order valence-electron chi connectivity index (χ2n) is 4.31. The van der Waals surface area contributed by atoms with Gasteiger partial charge in [-0.25, -0.2) is 0 Å². The maximum atomic E-state index is 11.1. The van der Waals surface area contributed by atoms with Crippen molar-refractivity contribution < 1.29 is 9.59 Å². The summed E-state index contributed by atoms with van der Waals surface area (Å²) in [5, 5.41) is 0. The first kappa shape index (κ1) is 15.8. The van der Waals surface area contributed by atoms with E-state index in [0.29, 0.717) is 24.0 Å². The molecule has 0 radical (unpaired) electrons. The van der Waals surface area contributed by atoms with Gasteiger partial charge in [0.15, 0.2) is 0 Å². The standard InChI is InChI=1S/C9H18O.C3H6O/c1-7(2)5-9(10)6-8(3)4;1-2-3-4/h7-8H,5-6H2,1-4H3;3H,2H2,1H3. The molecule has 0 saturated carbocycles. The van der Waals surface area contributed by atoms with Crippen LogP contribution in [0.15, 0.2) is 0 Å². The van der Waals surface area contributed by atoms with Crippen molar-refractivity contribution in [3.8, 4) is 0 Å². The van der Waals surface area contributed by atoms with Crippen LogP contribution in [0.1, 0.15) is 53.9 Å². The lowest BCUT2D eigenvalue weighted by atomic mass is 10.00. The summed E-state index contributed by atoms with van der Waals surface area (Å²) < 4.78 is 0. The van der Waals surface area contributed by atoms with Gasteiger partial charge in [-0.3, -0.25) is 4.79 Å². The van der Waals surface area contributed by atoms with Gasteiger partial charge >= 0.3 is 0 Å². The summed E-state index contributed by atoms with van der Waals surface area (Å²) in [5.74, 6) is 1.45. The molecule has 0 aromatic carbocycles. The Balaban J connectivity index is 0. The number of carbonyl (C=O) groups excluding carboxylic acids is 2. The molecule has 0 atom stereocenters. The van der Waals surface area contributed by atoms with Crippen LogP contribution in [0.5, 0.6) is 0 Å². The highest BCUT2D eigenvalue weighted by Gasteiger charge is 2.06. The third-order valence-corrected chi connectivity index (χ3v) is 1.44. The van der Waals surface area contributed by atoms with Crippen LogP contribution >= 0.6 is 0 Å². The fourth-order valence-electron chi connectivity index (χ4n) is 0.994. The Hall–Kier alpha value is -0.660. The summed E-state index contributed by atoms with van der Waals surface area (Å²) >= 11 is 0. The van der Waals surface area contributed by atoms with Crippen molar-refractivity contribution in [2.45, 2.75) is 53.9 Å². The molecule has 0 amide bonds. The SMILES string of the molecule is CC(C)CC(=O)CC(C)C.CCC=O. The summed E-state index contributed by atoms with van der Waals surface area (Å²) in [4.78, 5) is 20.2. The lowest BCUT2D eigenvalue weighted by molar-refractivity contribution is -0.120. The van der Waals surface area contributed by atoms with Crippen molar-refractivity contribution >= 4 is 12.1 Å². The van der Waals surface area contributed by atoms with Gasteiger partial charge < -0.3 is 4.79 Å². The summed E-state index contributed by atoms with van der Waals surface area (Å²) in [7, 11) is 0. The van der Waals surface area contributed by atoms with E-state index in [4.69, 9.17) is 0 Å². The molecule has 0 aromatic rings. The largest absolute Gasteiger partial charge is 0.303 e. The lowest BCUT2D eigenvalue weighted by Gasteiger charge is -2.05. The van der Waals surface area contributed by atoms with Crippen molar-refractivity contribution in [3.63, 3.8) is 0 Å². The minimum absolute atomic E-state index is 0.407. The van der Waals surface area contributed by atoms with E-state index in [2.05, 4.69) is 27.7 Å². The maximum Gasteiger partial charge on any atom is 0.133 e. The van der Waals surface area contributed by atoms with Gasteiger partial charge in [0.05, 0.1) is 0 Å². The molecule has 0 unspecified atom stereocenters. The van der Waals surface area contributed by atoms with Gasteiger partial charge in [-0.1, -0.05) is 34.6 Å². The van der Waals surface area contributed by atoms with Crippen molar-refractivity contribution in [3.05, 3.63) is 0 Å². The van der Waals surface area contributed by atoms with Crippen LogP contribution in [-0.4, -0.2) is 12.1 Å². The van der Waals surface area contributed by atoms with Crippen LogP contribution in [0.4, 0.5) is 0 Å². The maximum absolute atomic E-state index is 11.1. The van der Waals surface area contributed by atoms with Crippen LogP contribution in [0.2, 0.25) is 0 Å². The molecule has 84 valence electrons. The van der Waals surface area contributed by atoms with E-state index in [9.17, 15) is 9.59 Å². The van der Waals surface area contributed by atoms with Gasteiger partial charge in [-0.05, 0) is 11.8 Å². The molecule has 2 heteroatoms. The summed E-state index contributed by atoms with van der Waals surface area (Å²) in [6.07, 6.45) is 3.01. The zero-order valence-electron chi connectivity index (χ0n) is 10.2. The highest BCUT2D eigenvalue weighted by atomic mass is 16.1. The highest BCUT2D eigenvalue weighted by Crippen LogP contribution is 2.07. The van der Waals surface area contributed by atoms with Gasteiger partial charge in [-0.15, -0.1) is 0 Å². The number of rotatable bonds is 5. The normalized spacial score (nSPS) is 9.64. The molecule has 14 heavy (non-hydrogen) atoms. The molecule has 0 heterocycles. The van der Waals surface area contributed by atoms with Gasteiger partial charge in [0.1, 0.15) is 12.1 Å². The fraction of sp³-hybridized carbons (Fsp3) is 0.833. The first-order chi connectivity index (χ1) is 6.43. The quantitative estimate of drug-likeness (QED) is 0.638. The Kier molecular flexibility index (Phi) is 11.8. The van der Waals surface area contributed by atoms with E-state index in [1.165, 1.54) is 0 Å². The Bertz CT molecular complexity index is 136. The number of ketones is 1. The van der Waals surface area contributed by atoms with Crippen LogP contribution in [0.3, 0.4) is 0 Å². The molecule has 2 nitrogen and oxygen atoms in total. The van der Waals surface area contributed by atoms with E-state index in [-0.39, 0.29) is 0 Å². The average Bonchev–Trinajstić information content (AvgIpc) is 2.01.